The fourth-order valence-electron chi connectivity index (χ4n) is 9.21. The van der Waals surface area contributed by atoms with E-state index >= 15 is 0 Å². The molecule has 2 heteroatoms. The second-order valence-electron chi connectivity index (χ2n) is 14.1. The van der Waals surface area contributed by atoms with E-state index in [4.69, 9.17) is 4.42 Å². The van der Waals surface area contributed by atoms with Gasteiger partial charge in [0.2, 0.25) is 0 Å². The minimum atomic E-state index is -0.430. The van der Waals surface area contributed by atoms with Gasteiger partial charge in [0.1, 0.15) is 5.58 Å². The molecule has 0 fully saturated rings. The van der Waals surface area contributed by atoms with E-state index in [1.54, 1.807) is 0 Å². The molecule has 2 nitrogen and oxygen atoms in total. The van der Waals surface area contributed by atoms with Gasteiger partial charge in [-0.1, -0.05) is 152 Å². The number of para-hydroxylation sites is 2. The molecule has 0 unspecified atom stereocenters. The molecule has 0 atom stereocenters. The number of anilines is 3. The molecule has 0 saturated carbocycles. The molecule has 1 aromatic heterocycles. The predicted molar refractivity (Wildman–Crippen MR) is 215 cm³/mol. The van der Waals surface area contributed by atoms with Crippen molar-refractivity contribution < 1.29 is 4.42 Å². The third-order valence-electron chi connectivity index (χ3n) is 11.4. The van der Waals surface area contributed by atoms with Crippen LogP contribution < -0.4 is 4.90 Å². The Morgan fingerprint density at radius 3 is 1.58 bits per heavy atom. The number of hydrogen-bond acceptors (Lipinski definition) is 2. The second-order valence-corrected chi connectivity index (χ2v) is 14.1. The van der Waals surface area contributed by atoms with Crippen molar-refractivity contribution in [2.24, 2.45) is 0 Å². The molecule has 2 aliphatic rings. The lowest BCUT2D eigenvalue weighted by atomic mass is 9.70. The number of rotatable bonds is 4. The first-order chi connectivity index (χ1) is 25.7. The lowest BCUT2D eigenvalue weighted by Crippen LogP contribution is -2.26. The highest BCUT2D eigenvalue weighted by Crippen LogP contribution is 2.63. The van der Waals surface area contributed by atoms with Gasteiger partial charge in [-0.2, -0.15) is 0 Å². The minimum absolute atomic E-state index is 0.430. The van der Waals surface area contributed by atoms with Crippen molar-refractivity contribution in [2.45, 2.75) is 12.3 Å². The number of aryl methyl sites for hydroxylation is 1. The number of hydrogen-bond donors (Lipinski definition) is 0. The maximum atomic E-state index is 6.82. The van der Waals surface area contributed by atoms with Gasteiger partial charge in [-0.05, 0) is 98.5 Å². The molecule has 8 aromatic carbocycles. The van der Waals surface area contributed by atoms with Crippen LogP contribution in [0, 0.1) is 6.92 Å². The number of fused-ring (bicyclic) bond motifs is 13. The van der Waals surface area contributed by atoms with E-state index in [0.29, 0.717) is 0 Å². The van der Waals surface area contributed by atoms with Gasteiger partial charge in [-0.25, -0.2) is 0 Å². The summed E-state index contributed by atoms with van der Waals surface area (Å²) in [4.78, 5) is 2.39. The van der Waals surface area contributed by atoms with Crippen molar-refractivity contribution in [1.29, 1.82) is 0 Å². The molecular formula is C50H33NO. The summed E-state index contributed by atoms with van der Waals surface area (Å²) >= 11 is 0. The van der Waals surface area contributed by atoms with Crippen LogP contribution in [0.2, 0.25) is 0 Å². The monoisotopic (exact) mass is 663 g/mol. The van der Waals surface area contributed by atoms with E-state index in [9.17, 15) is 0 Å². The highest BCUT2D eigenvalue weighted by Gasteiger charge is 2.51. The molecule has 0 bridgehead atoms. The average molecular weight is 664 g/mol. The molecule has 1 spiro atoms. The normalized spacial score (nSPS) is 13.2. The van der Waals surface area contributed by atoms with Gasteiger partial charge in [0.25, 0.3) is 0 Å². The van der Waals surface area contributed by atoms with E-state index < -0.39 is 5.41 Å². The van der Waals surface area contributed by atoms with Crippen LogP contribution >= 0.6 is 0 Å². The standard InChI is InChI=1S/C50H33NO/c1-32-13-11-19-41-42-20-12-24-47(49(42)52-48(32)41)51(35-27-25-34(26-28-35)33-14-3-2-4-15-33)36-29-30-40-39-18-7-10-23-45(39)50(46(40)31-36)43-21-8-5-16-37(43)38-17-6-9-22-44(38)50/h2-31H,1H3. The van der Waals surface area contributed by atoms with E-state index in [2.05, 4.69) is 194 Å². The predicted octanol–water partition coefficient (Wildman–Crippen LogP) is 13.4. The Labute approximate surface area is 302 Å². The zero-order valence-electron chi connectivity index (χ0n) is 28.7. The van der Waals surface area contributed by atoms with Gasteiger partial charge in [0.05, 0.1) is 11.1 Å². The molecule has 52 heavy (non-hydrogen) atoms. The zero-order valence-corrected chi connectivity index (χ0v) is 28.7. The first-order valence-electron chi connectivity index (χ1n) is 18.0. The van der Waals surface area contributed by atoms with Crippen molar-refractivity contribution >= 4 is 39.0 Å². The maximum absolute atomic E-state index is 6.82. The summed E-state index contributed by atoms with van der Waals surface area (Å²) in [6, 6.07) is 66.6. The van der Waals surface area contributed by atoms with Crippen molar-refractivity contribution in [1.82, 2.24) is 0 Å². The summed E-state index contributed by atoms with van der Waals surface area (Å²) in [6.07, 6.45) is 0. The van der Waals surface area contributed by atoms with E-state index in [-0.39, 0.29) is 0 Å². The van der Waals surface area contributed by atoms with Crippen LogP contribution in [-0.2, 0) is 5.41 Å². The Balaban J connectivity index is 1.19. The van der Waals surface area contributed by atoms with Crippen LogP contribution in [0.15, 0.2) is 186 Å². The van der Waals surface area contributed by atoms with Crippen LogP contribution in [0.25, 0.3) is 55.3 Å². The molecule has 11 rings (SSSR count). The summed E-state index contributed by atoms with van der Waals surface area (Å²) in [5.41, 5.74) is 18.6. The summed E-state index contributed by atoms with van der Waals surface area (Å²) in [5, 5.41) is 2.25. The Morgan fingerprint density at radius 1 is 0.404 bits per heavy atom. The van der Waals surface area contributed by atoms with Gasteiger partial charge < -0.3 is 9.32 Å². The SMILES string of the molecule is Cc1cccc2c1oc1c(N(c3ccc(-c4ccccc4)cc3)c3ccc4c(c3)C3(c5ccccc5-c5ccccc53)c3ccccc3-4)cccc12. The third kappa shape index (κ3) is 3.89. The first kappa shape index (κ1) is 29.1. The summed E-state index contributed by atoms with van der Waals surface area (Å²) in [7, 11) is 0. The molecule has 0 N–H and O–H groups in total. The number of nitrogens with zero attached hydrogens (tertiary/aromatic N) is 1. The van der Waals surface area contributed by atoms with Gasteiger partial charge in [-0.3, -0.25) is 0 Å². The fourth-order valence-corrected chi connectivity index (χ4v) is 9.21. The number of furan rings is 1. The summed E-state index contributed by atoms with van der Waals surface area (Å²) in [6.45, 7) is 2.12. The van der Waals surface area contributed by atoms with Crippen molar-refractivity contribution in [3.63, 3.8) is 0 Å². The molecule has 0 radical (unpaired) electrons. The Kier molecular flexibility index (Phi) is 6.12. The zero-order chi connectivity index (χ0) is 34.4. The van der Waals surface area contributed by atoms with Gasteiger partial charge >= 0.3 is 0 Å². The minimum Gasteiger partial charge on any atom is -0.454 e. The molecule has 0 amide bonds. The lowest BCUT2D eigenvalue weighted by molar-refractivity contribution is 0.666. The Bertz CT molecular complexity index is 2800. The number of benzene rings is 8. The first-order valence-corrected chi connectivity index (χ1v) is 18.0. The van der Waals surface area contributed by atoms with Crippen LogP contribution in [-0.4, -0.2) is 0 Å². The van der Waals surface area contributed by atoms with Crippen molar-refractivity contribution in [3.05, 3.63) is 210 Å². The molecule has 0 saturated heterocycles. The van der Waals surface area contributed by atoms with Crippen LogP contribution in [0.3, 0.4) is 0 Å². The van der Waals surface area contributed by atoms with Gasteiger partial charge in [0, 0.05) is 22.1 Å². The molecule has 0 aliphatic heterocycles. The average Bonchev–Trinajstić information content (AvgIpc) is 3.84. The van der Waals surface area contributed by atoms with E-state index in [1.807, 2.05) is 0 Å². The van der Waals surface area contributed by atoms with Crippen LogP contribution in [0.4, 0.5) is 17.1 Å². The van der Waals surface area contributed by atoms with E-state index in [1.165, 1.54) is 55.6 Å². The summed E-state index contributed by atoms with van der Waals surface area (Å²) in [5.74, 6) is 0. The quantitative estimate of drug-likeness (QED) is 0.186. The highest BCUT2D eigenvalue weighted by atomic mass is 16.3. The van der Waals surface area contributed by atoms with Crippen molar-refractivity contribution in [2.75, 3.05) is 4.90 Å². The molecule has 1 heterocycles. The highest BCUT2D eigenvalue weighted by molar-refractivity contribution is 6.11. The smallest absolute Gasteiger partial charge is 0.159 e. The lowest BCUT2D eigenvalue weighted by Gasteiger charge is -2.32. The molecule has 244 valence electrons. The van der Waals surface area contributed by atoms with Gasteiger partial charge in [0.15, 0.2) is 5.58 Å². The Morgan fingerprint density at radius 2 is 0.923 bits per heavy atom. The summed E-state index contributed by atoms with van der Waals surface area (Å²) < 4.78 is 6.82. The maximum Gasteiger partial charge on any atom is 0.159 e. The van der Waals surface area contributed by atoms with Crippen LogP contribution in [0.1, 0.15) is 27.8 Å². The van der Waals surface area contributed by atoms with Crippen molar-refractivity contribution in [3.8, 4) is 33.4 Å². The van der Waals surface area contributed by atoms with Gasteiger partial charge in [-0.15, -0.1) is 0 Å². The second kappa shape index (κ2) is 10.9. The van der Waals surface area contributed by atoms with Crippen LogP contribution in [0.5, 0.6) is 0 Å². The molecule has 9 aromatic rings. The van der Waals surface area contributed by atoms with E-state index in [0.717, 1.165) is 44.6 Å². The Hall–Kier alpha value is -6.64. The third-order valence-corrected chi connectivity index (χ3v) is 11.4. The topological polar surface area (TPSA) is 16.4 Å². The fraction of sp³-hybridized carbons (Fsp3) is 0.0400. The molecular weight excluding hydrogens is 631 g/mol. The molecule has 2 aliphatic carbocycles. The largest absolute Gasteiger partial charge is 0.454 e.